The van der Waals surface area contributed by atoms with Gasteiger partial charge in [-0.15, -0.1) is 22.7 Å². The van der Waals surface area contributed by atoms with Gasteiger partial charge in [0.15, 0.2) is 23.1 Å². The fourth-order valence-corrected chi connectivity index (χ4v) is 9.86. The van der Waals surface area contributed by atoms with Gasteiger partial charge in [-0.05, 0) is 144 Å². The number of fused-ring (bicyclic) bond motifs is 2. The SMILES string of the molecule is CC1(C)OB(c2ccc3sc(COc4ccc(F)c(C(N)=O)c4F)nc3c2)OC1(C)C.NC(=O)c1c(F)ccc(OCc2nc3cc(C4=CCCCC4)ccc3s2)c1F.O=S(=O)(OC1=CCCCC1)C(F)(F)F. The second kappa shape index (κ2) is 22.2. The van der Waals surface area contributed by atoms with Crippen molar-refractivity contribution in [3.8, 4) is 11.5 Å². The fourth-order valence-electron chi connectivity index (χ4n) is 7.61. The molecule has 0 unspecified atom stereocenters. The van der Waals surface area contributed by atoms with Crippen LogP contribution in [0.4, 0.5) is 30.7 Å². The molecule has 2 aliphatic carbocycles. The summed E-state index contributed by atoms with van der Waals surface area (Å²) in [5.41, 5.74) is 7.18. The second-order valence-corrected chi connectivity index (χ2v) is 21.6. The Kier molecular flexibility index (Phi) is 16.6. The molecular weight excluding hydrogens is 1030 g/mol. The number of amides is 2. The predicted molar refractivity (Wildman–Crippen MR) is 262 cm³/mol. The average molecular weight is 1080 g/mol. The number of nitrogens with zero attached hydrogens (tertiary/aromatic N) is 2. The highest BCUT2D eigenvalue weighted by molar-refractivity contribution is 7.87. The van der Waals surface area contributed by atoms with Gasteiger partial charge in [0.25, 0.3) is 11.8 Å². The van der Waals surface area contributed by atoms with Crippen molar-refractivity contribution in [2.24, 2.45) is 11.5 Å². The summed E-state index contributed by atoms with van der Waals surface area (Å²) in [5.74, 6) is -7.25. The van der Waals surface area contributed by atoms with Crippen LogP contribution in [0.15, 0.2) is 78.6 Å². The van der Waals surface area contributed by atoms with Crippen LogP contribution in [0.25, 0.3) is 26.0 Å². The Morgan fingerprint density at radius 2 is 1.19 bits per heavy atom. The van der Waals surface area contributed by atoms with Crippen LogP contribution in [0.5, 0.6) is 11.5 Å². The summed E-state index contributed by atoms with van der Waals surface area (Å²) in [7, 11) is -5.97. The first-order valence-electron chi connectivity index (χ1n) is 22.7. The molecule has 2 aromatic heterocycles. The minimum absolute atomic E-state index is 0.0120. The molecule has 9 rings (SSSR count). The van der Waals surface area contributed by atoms with Crippen molar-refractivity contribution >= 4 is 83.2 Å². The highest BCUT2D eigenvalue weighted by Gasteiger charge is 2.52. The lowest BCUT2D eigenvalue weighted by molar-refractivity contribution is -0.0524. The van der Waals surface area contributed by atoms with E-state index in [0.29, 0.717) is 22.9 Å². The first-order chi connectivity index (χ1) is 34.3. The summed E-state index contributed by atoms with van der Waals surface area (Å²) in [6, 6.07) is 16.1. The van der Waals surface area contributed by atoms with Crippen LogP contribution in [0, 0.1) is 23.3 Å². The maximum atomic E-state index is 14.3. The van der Waals surface area contributed by atoms with Crippen LogP contribution in [0.3, 0.4) is 0 Å². The van der Waals surface area contributed by atoms with Gasteiger partial charge in [0.2, 0.25) is 0 Å². The molecule has 0 atom stereocenters. The zero-order valence-corrected chi connectivity index (χ0v) is 42.1. The van der Waals surface area contributed by atoms with Gasteiger partial charge in [0, 0.05) is 6.42 Å². The minimum Gasteiger partial charge on any atom is -0.483 e. The van der Waals surface area contributed by atoms with Crippen molar-refractivity contribution in [2.45, 2.75) is 109 Å². The normalized spacial score (nSPS) is 16.4. The van der Waals surface area contributed by atoms with Crippen molar-refractivity contribution in [1.29, 1.82) is 0 Å². The Bertz CT molecular complexity index is 3220. The molecule has 1 saturated heterocycles. The molecular formula is C49H48BF7N4O9S3. The van der Waals surface area contributed by atoms with Crippen LogP contribution < -0.4 is 26.4 Å². The number of hydrogen-bond acceptors (Lipinski definition) is 13. The summed E-state index contributed by atoms with van der Waals surface area (Å²) in [4.78, 5) is 31.6. The number of allylic oxidation sites excluding steroid dienone is 4. The maximum absolute atomic E-state index is 14.3. The Hall–Kier alpha value is -6.08. The van der Waals surface area contributed by atoms with Crippen LogP contribution in [0.1, 0.15) is 115 Å². The maximum Gasteiger partial charge on any atom is 0.534 e. The molecule has 1 fully saturated rings. The van der Waals surface area contributed by atoms with Gasteiger partial charge in [-0.2, -0.15) is 21.6 Å². The van der Waals surface area contributed by atoms with Gasteiger partial charge in [0.1, 0.15) is 51.7 Å². The number of thiazole rings is 2. The number of halogens is 7. The zero-order valence-electron chi connectivity index (χ0n) is 39.7. The summed E-state index contributed by atoms with van der Waals surface area (Å²) in [6.07, 6.45) is 10.6. The first kappa shape index (κ1) is 54.7. The Labute approximate surface area is 423 Å². The molecule has 0 spiro atoms. The number of rotatable bonds is 12. The molecule has 4 N–H and O–H groups in total. The van der Waals surface area contributed by atoms with Crippen LogP contribution in [-0.2, 0) is 36.8 Å². The summed E-state index contributed by atoms with van der Waals surface area (Å²) < 4.78 is 141. The van der Waals surface area contributed by atoms with E-state index in [-0.39, 0.29) is 36.9 Å². The summed E-state index contributed by atoms with van der Waals surface area (Å²) >= 11 is 2.83. The average Bonchev–Trinajstić information content (AvgIpc) is 4.00. The lowest BCUT2D eigenvalue weighted by Gasteiger charge is -2.32. The molecule has 3 heterocycles. The molecule has 73 heavy (non-hydrogen) atoms. The molecule has 0 radical (unpaired) electrons. The van der Waals surface area contributed by atoms with Gasteiger partial charge >= 0.3 is 22.7 Å². The minimum atomic E-state index is -5.47. The lowest BCUT2D eigenvalue weighted by atomic mass is 9.79. The Morgan fingerprint density at radius 3 is 1.66 bits per heavy atom. The molecule has 1 aliphatic heterocycles. The Morgan fingerprint density at radius 1 is 0.699 bits per heavy atom. The quantitative estimate of drug-likeness (QED) is 0.0513. The molecule has 13 nitrogen and oxygen atoms in total. The second-order valence-electron chi connectivity index (χ2n) is 17.9. The van der Waals surface area contributed by atoms with E-state index in [1.54, 1.807) is 0 Å². The number of alkyl halides is 3. The molecule has 2 amide bonds. The lowest BCUT2D eigenvalue weighted by Crippen LogP contribution is -2.41. The smallest absolute Gasteiger partial charge is 0.483 e. The number of carbonyl (C=O) groups excluding carboxylic acids is 2. The van der Waals surface area contributed by atoms with Crippen molar-refractivity contribution in [3.05, 3.63) is 129 Å². The number of carbonyl (C=O) groups is 2. The molecule has 4 aromatic carbocycles. The predicted octanol–water partition coefficient (Wildman–Crippen LogP) is 11.1. The highest BCUT2D eigenvalue weighted by atomic mass is 32.2. The third-order valence-electron chi connectivity index (χ3n) is 12.1. The van der Waals surface area contributed by atoms with E-state index in [1.165, 1.54) is 52.7 Å². The highest BCUT2D eigenvalue weighted by Crippen LogP contribution is 2.38. The van der Waals surface area contributed by atoms with E-state index >= 15 is 0 Å². The van der Waals surface area contributed by atoms with Gasteiger partial charge in [-0.3, -0.25) is 9.59 Å². The molecule has 388 valence electrons. The van der Waals surface area contributed by atoms with Crippen molar-refractivity contribution < 1.29 is 71.7 Å². The largest absolute Gasteiger partial charge is 0.534 e. The van der Waals surface area contributed by atoms with Crippen molar-refractivity contribution in [1.82, 2.24) is 9.97 Å². The Balaban J connectivity index is 0.000000171. The standard InChI is InChI=1S/C21H21BF2N2O4S.C21H18F2N2O2S.C7H9F3O3S/c1-20(2)21(3,4)30-22(29-20)11-5-8-15-13(9-11)26-16(31-15)10-28-14-7-6-12(23)17(18(14)24)19(25)27;22-14-7-8-16(20(23)19(14)21(24)26)27-11-18-25-15-10-13(6-9-17(15)28-18)12-4-2-1-3-5-12;8-7(9,10)14(11,12)13-6-4-2-1-3-5-6/h5-9H,10H2,1-4H3,(H2,25,27);4,6-10H,1-3,5,11H2,(H2,24,26);4H,1-3,5H2. The molecule has 0 saturated carbocycles. The summed E-state index contributed by atoms with van der Waals surface area (Å²) in [5, 5.41) is 1.25. The number of aromatic nitrogens is 2. The zero-order chi connectivity index (χ0) is 53.0. The number of primary amides is 2. The van der Waals surface area contributed by atoms with Gasteiger partial charge in [-0.1, -0.05) is 18.2 Å². The number of ether oxygens (including phenoxy) is 2. The van der Waals surface area contributed by atoms with E-state index in [0.717, 1.165) is 69.4 Å². The fraction of sp³-hybridized carbons (Fsp3) is 0.347. The van der Waals surface area contributed by atoms with Gasteiger partial charge in [-0.25, -0.2) is 27.5 Å². The van der Waals surface area contributed by atoms with E-state index in [4.69, 9.17) is 30.2 Å². The molecule has 0 bridgehead atoms. The topological polar surface area (TPSA) is 192 Å². The van der Waals surface area contributed by atoms with E-state index in [1.807, 2.05) is 52.0 Å². The molecule has 3 aliphatic rings. The number of benzene rings is 4. The molecule has 6 aromatic rings. The third kappa shape index (κ3) is 12.8. The number of hydrogen-bond donors (Lipinski definition) is 2. The first-order valence-corrected chi connectivity index (χ1v) is 25.7. The van der Waals surface area contributed by atoms with E-state index < -0.39 is 80.2 Å². The third-order valence-corrected chi connectivity index (χ3v) is 15.2. The van der Waals surface area contributed by atoms with E-state index in [9.17, 15) is 48.7 Å². The van der Waals surface area contributed by atoms with Crippen molar-refractivity contribution in [2.75, 3.05) is 0 Å². The molecule has 24 heteroatoms. The van der Waals surface area contributed by atoms with Crippen molar-refractivity contribution in [3.63, 3.8) is 0 Å². The van der Waals surface area contributed by atoms with E-state index in [2.05, 4.69) is 32.4 Å². The van der Waals surface area contributed by atoms with Crippen LogP contribution in [-0.4, -0.2) is 54.0 Å². The summed E-state index contributed by atoms with van der Waals surface area (Å²) in [6.45, 7) is 7.91. The van der Waals surface area contributed by atoms with Gasteiger partial charge in [0.05, 0.1) is 31.6 Å². The monoisotopic (exact) mass is 1080 g/mol. The van der Waals surface area contributed by atoms with Crippen LogP contribution >= 0.6 is 22.7 Å². The van der Waals surface area contributed by atoms with Gasteiger partial charge < -0.3 is 34.4 Å². The van der Waals surface area contributed by atoms with Crippen LogP contribution in [0.2, 0.25) is 0 Å². The number of nitrogens with two attached hydrogens (primary N) is 2.